The van der Waals surface area contributed by atoms with Gasteiger partial charge in [-0.25, -0.2) is 0 Å². The van der Waals surface area contributed by atoms with Crippen molar-refractivity contribution >= 4 is 11.9 Å². The highest BCUT2D eigenvalue weighted by Gasteiger charge is 2.76. The van der Waals surface area contributed by atoms with Gasteiger partial charge in [-0.05, 0) is 12.8 Å². The molecule has 0 N–H and O–H groups in total. The number of alkyl halides is 6. The third kappa shape index (κ3) is 7.68. The van der Waals surface area contributed by atoms with E-state index in [9.17, 15) is 35.9 Å². The minimum Gasteiger partial charge on any atom is -0.469 e. The van der Waals surface area contributed by atoms with Gasteiger partial charge in [0.15, 0.2) is 5.79 Å². The van der Waals surface area contributed by atoms with Crippen LogP contribution >= 0.6 is 0 Å². The molecule has 8 nitrogen and oxygen atoms in total. The second-order valence-corrected chi connectivity index (χ2v) is 9.55. The molecule has 2 aliphatic heterocycles. The molecule has 36 heavy (non-hydrogen) atoms. The van der Waals surface area contributed by atoms with E-state index in [1.165, 1.54) is 28.1 Å². The Morgan fingerprint density at radius 1 is 0.750 bits per heavy atom. The molecule has 0 radical (unpaired) electrons. The minimum absolute atomic E-state index is 0. The number of hydrogen-bond donors (Lipinski definition) is 0. The summed E-state index contributed by atoms with van der Waals surface area (Å²) in [5.74, 6) is -6.72. The minimum atomic E-state index is -5.65. The lowest BCUT2D eigenvalue weighted by molar-refractivity contribution is -0.489. The largest absolute Gasteiger partial charge is 0.469 e. The summed E-state index contributed by atoms with van der Waals surface area (Å²) in [6.07, 6.45) is -9.72. The van der Waals surface area contributed by atoms with Gasteiger partial charge in [-0.1, -0.05) is 27.7 Å². The quantitative estimate of drug-likeness (QED) is 0.340. The number of halogens is 6. The maximum Gasteiger partial charge on any atom is 0.453 e. The molecule has 2 rings (SSSR count). The molecule has 2 aliphatic rings. The Balaban J connectivity index is 0. The van der Waals surface area contributed by atoms with Crippen LogP contribution < -0.4 is 0 Å². The second kappa shape index (κ2) is 11.8. The molecule has 0 aliphatic carbocycles. The lowest BCUT2D eigenvalue weighted by Gasteiger charge is -2.45. The molecule has 0 unspecified atom stereocenters. The highest BCUT2D eigenvalue weighted by atomic mass is 19.4. The lowest BCUT2D eigenvalue weighted by Crippen LogP contribution is -2.64. The summed E-state index contributed by atoms with van der Waals surface area (Å²) in [7, 11) is 2.58. The van der Waals surface area contributed by atoms with Crippen LogP contribution in [0, 0.1) is 10.8 Å². The molecule has 0 atom stereocenters. The first-order chi connectivity index (χ1) is 16.4. The van der Waals surface area contributed by atoms with E-state index in [0.717, 1.165) is 12.8 Å². The van der Waals surface area contributed by atoms with Crippen LogP contribution in [0.25, 0.3) is 0 Å². The van der Waals surface area contributed by atoms with Gasteiger partial charge in [0.05, 0.1) is 40.6 Å². The summed E-state index contributed by atoms with van der Waals surface area (Å²) in [6.45, 7) is 6.60. The summed E-state index contributed by atoms with van der Waals surface area (Å²) < 4.78 is 103. The van der Waals surface area contributed by atoms with Crippen molar-refractivity contribution in [1.29, 1.82) is 0 Å². The van der Waals surface area contributed by atoms with Gasteiger partial charge in [0.2, 0.25) is 0 Å². The van der Waals surface area contributed by atoms with Crippen molar-refractivity contribution in [3.63, 3.8) is 0 Å². The molecule has 216 valence electrons. The molecule has 0 aromatic heterocycles. The molecule has 0 aromatic carbocycles. The number of methoxy groups -OCH3 is 2. The van der Waals surface area contributed by atoms with Gasteiger partial charge in [-0.15, -0.1) is 0 Å². The third-order valence-electron chi connectivity index (χ3n) is 6.14. The predicted molar refractivity (Wildman–Crippen MR) is 116 cm³/mol. The molecular formula is C22H38F6O8. The van der Waals surface area contributed by atoms with Crippen LogP contribution in [0.4, 0.5) is 26.3 Å². The fourth-order valence-corrected chi connectivity index (χ4v) is 3.33. The topological polar surface area (TPSA) is 89.5 Å². The number of rotatable bonds is 6. The van der Waals surface area contributed by atoms with Gasteiger partial charge in [0.25, 0.3) is 0 Å². The first kappa shape index (κ1) is 32.4. The summed E-state index contributed by atoms with van der Waals surface area (Å²) in [4.78, 5) is 23.0. The van der Waals surface area contributed by atoms with E-state index in [-0.39, 0.29) is 21.1 Å². The Hall–Kier alpha value is -1.64. The second-order valence-electron chi connectivity index (χ2n) is 9.55. The number of esters is 2. The highest BCUT2D eigenvalue weighted by molar-refractivity contribution is 5.74. The van der Waals surface area contributed by atoms with Gasteiger partial charge >= 0.3 is 30.1 Å². The summed E-state index contributed by atoms with van der Waals surface area (Å²) >= 11 is 0. The smallest absolute Gasteiger partial charge is 0.453 e. The molecule has 0 bridgehead atoms. The van der Waals surface area contributed by atoms with Gasteiger partial charge in [-0.2, -0.15) is 26.3 Å². The monoisotopic (exact) mass is 544 g/mol. The molecule has 0 aromatic rings. The van der Waals surface area contributed by atoms with Crippen LogP contribution in [0.3, 0.4) is 0 Å². The number of carbonyl (C=O) groups excluding carboxylic acids is 2. The van der Waals surface area contributed by atoms with E-state index in [1.54, 1.807) is 0 Å². The van der Waals surface area contributed by atoms with Crippen molar-refractivity contribution in [3.8, 4) is 0 Å². The van der Waals surface area contributed by atoms with E-state index in [4.69, 9.17) is 9.47 Å². The van der Waals surface area contributed by atoms with Crippen molar-refractivity contribution in [2.75, 3.05) is 40.6 Å². The molecule has 2 saturated heterocycles. The van der Waals surface area contributed by atoms with E-state index < -0.39 is 54.5 Å². The van der Waals surface area contributed by atoms with Crippen molar-refractivity contribution in [1.82, 2.24) is 0 Å². The summed E-state index contributed by atoms with van der Waals surface area (Å²) in [5, 5.41) is 0. The van der Waals surface area contributed by atoms with E-state index in [1.807, 2.05) is 0 Å². The maximum atomic E-state index is 12.4. The molecular weight excluding hydrogens is 506 g/mol. The fourth-order valence-electron chi connectivity index (χ4n) is 3.33. The van der Waals surface area contributed by atoms with E-state index >= 15 is 0 Å². The third-order valence-corrected chi connectivity index (χ3v) is 6.14. The van der Waals surface area contributed by atoms with Gasteiger partial charge < -0.3 is 28.4 Å². The average Bonchev–Trinajstić information content (AvgIpc) is 2.78. The number of ether oxygens (including phenoxy) is 6. The van der Waals surface area contributed by atoms with Crippen molar-refractivity contribution < 1.29 is 67.2 Å². The average molecular weight is 545 g/mol. The van der Waals surface area contributed by atoms with Gasteiger partial charge in [0, 0.05) is 13.7 Å². The highest BCUT2D eigenvalue weighted by Crippen LogP contribution is 2.50. The van der Waals surface area contributed by atoms with Crippen LogP contribution in [-0.2, 0) is 38.0 Å². The predicted octanol–water partition coefficient (Wildman–Crippen LogP) is 5.03. The first-order valence-electron chi connectivity index (χ1n) is 11.2. The lowest BCUT2D eigenvalue weighted by atomic mass is 9.83. The Bertz CT molecular complexity index is 701. The van der Waals surface area contributed by atoms with Crippen LogP contribution in [0.2, 0.25) is 0 Å². The molecule has 2 fully saturated rings. The van der Waals surface area contributed by atoms with E-state index in [2.05, 4.69) is 32.8 Å². The zero-order valence-electron chi connectivity index (χ0n) is 21.2. The summed E-state index contributed by atoms with van der Waals surface area (Å²) in [5.41, 5.74) is -0.935. The maximum absolute atomic E-state index is 12.4. The normalized spacial score (nSPS) is 22.6. The van der Waals surface area contributed by atoms with Crippen molar-refractivity contribution in [2.24, 2.45) is 10.8 Å². The van der Waals surface area contributed by atoms with Crippen LogP contribution in [0.15, 0.2) is 0 Å². The summed E-state index contributed by atoms with van der Waals surface area (Å²) in [6, 6.07) is 0. The fraction of sp³-hybridized carbons (Fsp3) is 0.909. The van der Waals surface area contributed by atoms with Crippen LogP contribution in [-0.4, -0.2) is 76.5 Å². The molecule has 14 heteroatoms. The molecule has 0 amide bonds. The van der Waals surface area contributed by atoms with Crippen LogP contribution in [0.1, 0.15) is 56.2 Å². The molecule has 0 saturated carbocycles. The molecule has 2 heterocycles. The van der Waals surface area contributed by atoms with Crippen LogP contribution in [0.5, 0.6) is 0 Å². The van der Waals surface area contributed by atoms with Crippen molar-refractivity contribution in [2.45, 2.75) is 77.3 Å². The Kier molecular flexibility index (Phi) is 10.6. The van der Waals surface area contributed by atoms with Gasteiger partial charge in [-0.3, -0.25) is 9.59 Å². The zero-order chi connectivity index (χ0) is 28.1. The Morgan fingerprint density at radius 3 is 1.39 bits per heavy atom. The Morgan fingerprint density at radius 2 is 1.11 bits per heavy atom. The first-order valence-corrected chi connectivity index (χ1v) is 11.2. The van der Waals surface area contributed by atoms with Crippen molar-refractivity contribution in [3.05, 3.63) is 0 Å². The number of hydrogen-bond acceptors (Lipinski definition) is 8. The number of carbonyl (C=O) groups is 2. The zero-order valence-corrected chi connectivity index (χ0v) is 21.2. The Labute approximate surface area is 208 Å². The van der Waals surface area contributed by atoms with Gasteiger partial charge in [0.1, 0.15) is 12.8 Å². The SMILES string of the molecule is CC1(C)COC(C(F)(F)F)(C(F)(F)F)OC1.CCC1(CC)COC(CC(=O)OC)(CC(=O)OC)OC1.[HH].[HH]. The standard InChI is InChI=1S/C14H24O6.C8H10F6O2.2H2/c1-5-13(6-2)9-19-14(20-10-13,7-11(15)17-3)8-12(16)18-4;1-5(2)3-15-6(16-4-5,7(9,10)11)8(12,13)14;;/h5-10H2,1-4H3;3-4H2,1-2H3;2*1H. The molecule has 0 spiro atoms. The van der Waals surface area contributed by atoms with E-state index in [0.29, 0.717) is 13.2 Å².